The fourth-order valence-corrected chi connectivity index (χ4v) is 4.87. The maximum Gasteiger partial charge on any atom is 0.246 e. The van der Waals surface area contributed by atoms with Crippen molar-refractivity contribution >= 4 is 34.0 Å². The normalized spacial score (nSPS) is 19.9. The van der Waals surface area contributed by atoms with Gasteiger partial charge in [0, 0.05) is 23.4 Å². The Kier molecular flexibility index (Phi) is 5.86. The Labute approximate surface area is 155 Å². The lowest BCUT2D eigenvalue weighted by molar-refractivity contribution is -0.122. The molecule has 2 atom stereocenters. The highest BCUT2D eigenvalue weighted by atomic mass is 32.2. The zero-order chi connectivity index (χ0) is 17.8. The molecule has 0 saturated heterocycles. The molecule has 1 N–H and O–H groups in total. The van der Waals surface area contributed by atoms with Gasteiger partial charge in [0.1, 0.15) is 21.9 Å². The Hall–Kier alpha value is -1.73. The molecule has 2 unspecified atom stereocenters. The zero-order valence-corrected chi connectivity index (χ0v) is 15.7. The first-order chi connectivity index (χ1) is 12.0. The summed E-state index contributed by atoms with van der Waals surface area (Å²) in [6.07, 6.45) is 2.67. The van der Waals surface area contributed by atoms with Gasteiger partial charge in [-0.2, -0.15) is 0 Å². The molecule has 2 heterocycles. The van der Waals surface area contributed by atoms with Gasteiger partial charge in [-0.15, -0.1) is 11.3 Å². The third-order valence-corrected chi connectivity index (χ3v) is 6.02. The predicted octanol–water partition coefficient (Wildman–Crippen LogP) is 3.88. The second kappa shape index (κ2) is 8.10. The molecule has 0 saturated carbocycles. The van der Waals surface area contributed by atoms with Gasteiger partial charge in [-0.3, -0.25) is 9.79 Å². The molecule has 0 radical (unpaired) electrons. The second-order valence-electron chi connectivity index (χ2n) is 6.35. The summed E-state index contributed by atoms with van der Waals surface area (Å²) in [5.74, 6) is 0.113. The Morgan fingerprint density at radius 2 is 2.08 bits per heavy atom. The summed E-state index contributed by atoms with van der Waals surface area (Å²) in [5, 5.41) is 6.68. The molecule has 1 amide bonds. The summed E-state index contributed by atoms with van der Waals surface area (Å²) in [4.78, 5) is 21.6. The summed E-state index contributed by atoms with van der Waals surface area (Å²) in [6.45, 7) is 4.67. The van der Waals surface area contributed by atoms with Crippen LogP contribution in [-0.2, 0) is 11.3 Å². The zero-order valence-electron chi connectivity index (χ0n) is 14.1. The number of amides is 1. The topological polar surface area (TPSA) is 54.4 Å². The molecule has 1 aliphatic heterocycles. The number of halogens is 1. The van der Waals surface area contributed by atoms with E-state index in [0.717, 1.165) is 22.0 Å². The van der Waals surface area contributed by atoms with Crippen LogP contribution in [0.1, 0.15) is 30.8 Å². The van der Waals surface area contributed by atoms with Gasteiger partial charge >= 0.3 is 0 Å². The van der Waals surface area contributed by atoms with Gasteiger partial charge in [0.2, 0.25) is 5.91 Å². The van der Waals surface area contributed by atoms with Crippen molar-refractivity contribution in [1.82, 2.24) is 10.3 Å². The molecule has 25 heavy (non-hydrogen) atoms. The average molecular weight is 378 g/mol. The van der Waals surface area contributed by atoms with Crippen LogP contribution in [0, 0.1) is 11.7 Å². The number of thioether (sulfide) groups is 1. The third kappa shape index (κ3) is 4.67. The Morgan fingerprint density at radius 1 is 1.32 bits per heavy atom. The van der Waals surface area contributed by atoms with Crippen LogP contribution in [0.15, 0.2) is 40.8 Å². The highest BCUT2D eigenvalue weighted by molar-refractivity contribution is 8.15. The van der Waals surface area contributed by atoms with E-state index in [0.29, 0.717) is 12.5 Å². The molecule has 0 fully saturated rings. The first-order valence-corrected chi connectivity index (χ1v) is 9.95. The first kappa shape index (κ1) is 18.1. The highest BCUT2D eigenvalue weighted by Crippen LogP contribution is 2.35. The molecule has 1 aromatic heterocycles. The smallest absolute Gasteiger partial charge is 0.246 e. The van der Waals surface area contributed by atoms with Crippen molar-refractivity contribution in [3.63, 3.8) is 0 Å². The summed E-state index contributed by atoms with van der Waals surface area (Å²) < 4.78 is 13.0. The van der Waals surface area contributed by atoms with E-state index in [4.69, 9.17) is 0 Å². The third-order valence-electron chi connectivity index (χ3n) is 3.84. The van der Waals surface area contributed by atoms with E-state index in [1.807, 2.05) is 5.38 Å². The van der Waals surface area contributed by atoms with Crippen molar-refractivity contribution in [2.45, 2.75) is 38.1 Å². The summed E-state index contributed by atoms with van der Waals surface area (Å²) in [5.41, 5.74) is 0.866. The maximum atomic E-state index is 13.0. The van der Waals surface area contributed by atoms with Crippen molar-refractivity contribution in [2.24, 2.45) is 10.9 Å². The number of carbonyl (C=O) groups is 1. The minimum absolute atomic E-state index is 0.0889. The van der Waals surface area contributed by atoms with E-state index in [1.165, 1.54) is 23.5 Å². The van der Waals surface area contributed by atoms with E-state index in [1.54, 1.807) is 30.1 Å². The fraction of sp³-hybridized carbons (Fsp3) is 0.389. The van der Waals surface area contributed by atoms with Crippen LogP contribution in [0.2, 0.25) is 0 Å². The number of rotatable bonds is 6. The number of benzene rings is 1. The van der Waals surface area contributed by atoms with Gasteiger partial charge in [-0.25, -0.2) is 9.37 Å². The summed E-state index contributed by atoms with van der Waals surface area (Å²) >= 11 is 3.18. The molecule has 1 aliphatic rings. The number of nitrogens with zero attached hydrogens (tertiary/aromatic N) is 2. The Morgan fingerprint density at radius 3 is 2.72 bits per heavy atom. The van der Waals surface area contributed by atoms with E-state index in [2.05, 4.69) is 29.1 Å². The molecule has 0 bridgehead atoms. The summed E-state index contributed by atoms with van der Waals surface area (Å²) in [6, 6.07) is 5.73. The molecule has 0 aliphatic carbocycles. The van der Waals surface area contributed by atoms with E-state index < -0.39 is 6.04 Å². The molecule has 0 spiro atoms. The van der Waals surface area contributed by atoms with Gasteiger partial charge < -0.3 is 5.32 Å². The molecule has 2 aromatic rings. The van der Waals surface area contributed by atoms with Crippen LogP contribution in [0.4, 0.5) is 4.39 Å². The van der Waals surface area contributed by atoms with Crippen LogP contribution in [0.5, 0.6) is 0 Å². The SMILES string of the molecule is CC(C)CC1SC(c2nccs2)=NC1C(=O)NCc1ccc(F)cc1. The molecule has 3 rings (SSSR count). The van der Waals surface area contributed by atoms with E-state index in [-0.39, 0.29) is 17.0 Å². The lowest BCUT2D eigenvalue weighted by Crippen LogP contribution is -2.38. The largest absolute Gasteiger partial charge is 0.350 e. The molecular weight excluding hydrogens is 357 g/mol. The highest BCUT2D eigenvalue weighted by Gasteiger charge is 2.36. The van der Waals surface area contributed by atoms with Crippen molar-refractivity contribution in [2.75, 3.05) is 0 Å². The number of aromatic nitrogens is 1. The van der Waals surface area contributed by atoms with Gasteiger partial charge in [0.25, 0.3) is 0 Å². The molecule has 1 aromatic carbocycles. The number of thiazole rings is 1. The Balaban J connectivity index is 1.69. The quantitative estimate of drug-likeness (QED) is 0.831. The van der Waals surface area contributed by atoms with Crippen LogP contribution >= 0.6 is 23.1 Å². The number of carbonyl (C=O) groups excluding carboxylic acids is 1. The monoisotopic (exact) mass is 377 g/mol. The molecule has 7 heteroatoms. The number of aliphatic imine (C=N–C) groups is 1. The maximum absolute atomic E-state index is 13.0. The number of hydrogen-bond donors (Lipinski definition) is 1. The van der Waals surface area contributed by atoms with Gasteiger partial charge in [-0.1, -0.05) is 37.7 Å². The van der Waals surface area contributed by atoms with Crippen LogP contribution in [0.25, 0.3) is 0 Å². The predicted molar refractivity (Wildman–Crippen MR) is 102 cm³/mol. The minimum atomic E-state index is -0.410. The lowest BCUT2D eigenvalue weighted by atomic mass is 10.0. The van der Waals surface area contributed by atoms with Crippen LogP contribution in [0.3, 0.4) is 0 Å². The van der Waals surface area contributed by atoms with Crippen molar-refractivity contribution in [3.8, 4) is 0 Å². The number of nitrogens with one attached hydrogen (secondary N) is 1. The van der Waals surface area contributed by atoms with Crippen molar-refractivity contribution in [3.05, 3.63) is 52.2 Å². The molecule has 132 valence electrons. The Bertz CT molecular complexity index is 744. The van der Waals surface area contributed by atoms with Crippen molar-refractivity contribution in [1.29, 1.82) is 0 Å². The molecular formula is C18H20FN3OS2. The second-order valence-corrected chi connectivity index (χ2v) is 8.47. The summed E-state index contributed by atoms with van der Waals surface area (Å²) in [7, 11) is 0. The van der Waals surface area contributed by atoms with Gasteiger partial charge in [-0.05, 0) is 30.0 Å². The standard InChI is InChI=1S/C18H20FN3OS2/c1-11(2)9-14-15(22-18(25-14)17-20-7-8-24-17)16(23)21-10-12-3-5-13(19)6-4-12/h3-8,11,14-15H,9-10H2,1-2H3,(H,21,23). The van der Waals surface area contributed by atoms with Crippen LogP contribution < -0.4 is 5.32 Å². The molecule has 4 nitrogen and oxygen atoms in total. The van der Waals surface area contributed by atoms with Gasteiger partial charge in [0.15, 0.2) is 0 Å². The van der Waals surface area contributed by atoms with Crippen LogP contribution in [-0.4, -0.2) is 27.2 Å². The van der Waals surface area contributed by atoms with E-state index >= 15 is 0 Å². The fourth-order valence-electron chi connectivity index (χ4n) is 2.65. The minimum Gasteiger partial charge on any atom is -0.350 e. The first-order valence-electron chi connectivity index (χ1n) is 8.19. The average Bonchev–Trinajstić information content (AvgIpc) is 3.23. The number of hydrogen-bond acceptors (Lipinski definition) is 5. The van der Waals surface area contributed by atoms with Gasteiger partial charge in [0.05, 0.1) is 0 Å². The van der Waals surface area contributed by atoms with Crippen molar-refractivity contribution < 1.29 is 9.18 Å². The lowest BCUT2D eigenvalue weighted by Gasteiger charge is -2.18. The van der Waals surface area contributed by atoms with E-state index in [9.17, 15) is 9.18 Å².